The Kier molecular flexibility index (Phi) is 4.67. The highest BCUT2D eigenvalue weighted by Gasteiger charge is 2.34. The van der Waals surface area contributed by atoms with Crippen LogP contribution in [0.1, 0.15) is 6.42 Å². The Labute approximate surface area is 95.0 Å². The number of carbonyl (C=O) groups excluding carboxylic acids is 1. The van der Waals surface area contributed by atoms with Gasteiger partial charge in [-0.1, -0.05) is 0 Å². The molecule has 1 N–H and O–H groups in total. The van der Waals surface area contributed by atoms with Gasteiger partial charge in [-0.05, 0) is 18.9 Å². The van der Waals surface area contributed by atoms with Crippen LogP contribution < -0.4 is 5.32 Å². The average Bonchev–Trinajstić information content (AvgIpc) is 2.59. The van der Waals surface area contributed by atoms with Crippen molar-refractivity contribution < 1.29 is 26.7 Å². The van der Waals surface area contributed by atoms with Crippen molar-refractivity contribution in [1.82, 2.24) is 10.2 Å². The van der Waals surface area contributed by atoms with E-state index in [2.05, 4.69) is 0 Å². The summed E-state index contributed by atoms with van der Waals surface area (Å²) in [6.07, 6.45) is -6.86. The molecule has 1 rings (SSSR count). The molecule has 1 aliphatic heterocycles. The molecular formula is C9H13F5N2O. The second kappa shape index (κ2) is 5.61. The summed E-state index contributed by atoms with van der Waals surface area (Å²) in [5, 5.41) is 2.01. The number of nitrogens with one attached hydrogen (secondary N) is 1. The van der Waals surface area contributed by atoms with Gasteiger partial charge in [0.2, 0.25) is 0 Å². The molecule has 1 aliphatic rings. The maximum absolute atomic E-state index is 12.0. The first-order valence-corrected chi connectivity index (χ1v) is 5.13. The molecular weight excluding hydrogens is 247 g/mol. The van der Waals surface area contributed by atoms with E-state index in [-0.39, 0.29) is 25.6 Å². The predicted octanol–water partition coefficient (Wildman–Crippen LogP) is 1.25. The standard InChI is InChI=1S/C9H13F5N2O/c10-7(11)8(17)15-3-6-1-2-16(4-6)5-9(12,13)14/h6-7H,1-5H2,(H,15,17). The lowest BCUT2D eigenvalue weighted by molar-refractivity contribution is -0.144. The van der Waals surface area contributed by atoms with E-state index < -0.39 is 25.1 Å². The molecule has 1 unspecified atom stereocenters. The minimum absolute atomic E-state index is 0.00245. The van der Waals surface area contributed by atoms with Crippen molar-refractivity contribution in [3.05, 3.63) is 0 Å². The lowest BCUT2D eigenvalue weighted by atomic mass is 10.1. The molecule has 0 aliphatic carbocycles. The van der Waals surface area contributed by atoms with Crippen LogP contribution >= 0.6 is 0 Å². The van der Waals surface area contributed by atoms with Crippen LogP contribution in [-0.2, 0) is 4.79 Å². The van der Waals surface area contributed by atoms with Gasteiger partial charge in [0.15, 0.2) is 0 Å². The molecule has 1 atom stereocenters. The maximum Gasteiger partial charge on any atom is 0.401 e. The molecule has 0 radical (unpaired) electrons. The summed E-state index contributed by atoms with van der Waals surface area (Å²) in [5.41, 5.74) is 0. The van der Waals surface area contributed by atoms with Crippen LogP contribution in [0.5, 0.6) is 0 Å². The quantitative estimate of drug-likeness (QED) is 0.772. The summed E-state index contributed by atoms with van der Waals surface area (Å²) in [6, 6.07) is 0. The lowest BCUT2D eigenvalue weighted by Crippen LogP contribution is -2.36. The first kappa shape index (κ1) is 14.1. The van der Waals surface area contributed by atoms with E-state index >= 15 is 0 Å². The summed E-state index contributed by atoms with van der Waals surface area (Å²) >= 11 is 0. The Morgan fingerprint density at radius 2 is 2.06 bits per heavy atom. The third kappa shape index (κ3) is 5.29. The van der Waals surface area contributed by atoms with Gasteiger partial charge in [-0.2, -0.15) is 22.0 Å². The summed E-state index contributed by atoms with van der Waals surface area (Å²) in [7, 11) is 0. The van der Waals surface area contributed by atoms with Gasteiger partial charge in [0.25, 0.3) is 5.91 Å². The fraction of sp³-hybridized carbons (Fsp3) is 0.889. The van der Waals surface area contributed by atoms with Gasteiger partial charge in [-0.3, -0.25) is 9.69 Å². The Morgan fingerprint density at radius 3 is 2.59 bits per heavy atom. The van der Waals surface area contributed by atoms with E-state index in [1.54, 1.807) is 0 Å². The van der Waals surface area contributed by atoms with Crippen LogP contribution in [0.2, 0.25) is 0 Å². The van der Waals surface area contributed by atoms with E-state index in [0.29, 0.717) is 6.42 Å². The number of nitrogens with zero attached hydrogens (tertiary/aromatic N) is 1. The number of carbonyl (C=O) groups is 1. The van der Waals surface area contributed by atoms with Crippen LogP contribution in [0.3, 0.4) is 0 Å². The fourth-order valence-corrected chi connectivity index (χ4v) is 1.80. The van der Waals surface area contributed by atoms with Crippen molar-refractivity contribution in [2.75, 3.05) is 26.2 Å². The van der Waals surface area contributed by atoms with Crippen molar-refractivity contribution in [2.45, 2.75) is 19.0 Å². The molecule has 0 spiro atoms. The highest BCUT2D eigenvalue weighted by atomic mass is 19.4. The summed E-state index contributed by atoms with van der Waals surface area (Å²) in [5.74, 6) is -1.57. The van der Waals surface area contributed by atoms with E-state index in [0.717, 1.165) is 0 Å². The molecule has 0 aromatic rings. The Hall–Kier alpha value is -0.920. The molecule has 8 heteroatoms. The summed E-state index contributed by atoms with van der Waals surface area (Å²) in [4.78, 5) is 11.8. The Balaban J connectivity index is 2.24. The first-order chi connectivity index (χ1) is 7.78. The van der Waals surface area contributed by atoms with Crippen molar-refractivity contribution >= 4 is 5.91 Å². The van der Waals surface area contributed by atoms with Gasteiger partial charge in [0.1, 0.15) is 0 Å². The minimum atomic E-state index is -4.25. The molecule has 1 heterocycles. The van der Waals surface area contributed by atoms with Gasteiger partial charge in [-0.15, -0.1) is 0 Å². The number of likely N-dealkylation sites (tertiary alicyclic amines) is 1. The molecule has 1 saturated heterocycles. The van der Waals surface area contributed by atoms with Gasteiger partial charge in [-0.25, -0.2) is 0 Å². The van der Waals surface area contributed by atoms with Gasteiger partial charge in [0.05, 0.1) is 6.54 Å². The average molecular weight is 260 g/mol. The SMILES string of the molecule is O=C(NCC1CCN(CC(F)(F)F)C1)C(F)F. The van der Waals surface area contributed by atoms with Gasteiger partial charge < -0.3 is 5.32 Å². The van der Waals surface area contributed by atoms with E-state index in [1.807, 2.05) is 5.32 Å². The zero-order valence-corrected chi connectivity index (χ0v) is 8.94. The monoisotopic (exact) mass is 260 g/mol. The largest absolute Gasteiger partial charge is 0.401 e. The molecule has 100 valence electrons. The Bertz CT molecular complexity index is 269. The molecule has 0 bridgehead atoms. The highest BCUT2D eigenvalue weighted by Crippen LogP contribution is 2.22. The van der Waals surface area contributed by atoms with Gasteiger partial charge >= 0.3 is 12.6 Å². The molecule has 1 amide bonds. The number of rotatable bonds is 4. The van der Waals surface area contributed by atoms with E-state index in [9.17, 15) is 26.7 Å². The van der Waals surface area contributed by atoms with Crippen LogP contribution in [0.4, 0.5) is 22.0 Å². The highest BCUT2D eigenvalue weighted by molar-refractivity contribution is 5.79. The molecule has 0 aromatic heterocycles. The Morgan fingerprint density at radius 1 is 1.41 bits per heavy atom. The lowest BCUT2D eigenvalue weighted by Gasteiger charge is -2.17. The molecule has 1 fully saturated rings. The maximum atomic E-state index is 12.0. The number of alkyl halides is 5. The first-order valence-electron chi connectivity index (χ1n) is 5.13. The number of hydrogen-bond donors (Lipinski definition) is 1. The summed E-state index contributed by atoms with van der Waals surface area (Å²) in [6.45, 7) is -0.554. The zero-order valence-electron chi connectivity index (χ0n) is 8.94. The van der Waals surface area contributed by atoms with Crippen molar-refractivity contribution in [3.63, 3.8) is 0 Å². The third-order valence-corrected chi connectivity index (χ3v) is 2.54. The van der Waals surface area contributed by atoms with Crippen LogP contribution in [0, 0.1) is 5.92 Å². The second-order valence-corrected chi connectivity index (χ2v) is 4.05. The van der Waals surface area contributed by atoms with Crippen molar-refractivity contribution in [3.8, 4) is 0 Å². The molecule has 0 aromatic carbocycles. The minimum Gasteiger partial charge on any atom is -0.351 e. The smallest absolute Gasteiger partial charge is 0.351 e. The number of amides is 1. The zero-order chi connectivity index (χ0) is 13.1. The fourth-order valence-electron chi connectivity index (χ4n) is 1.80. The molecule has 17 heavy (non-hydrogen) atoms. The second-order valence-electron chi connectivity index (χ2n) is 4.05. The molecule has 0 saturated carbocycles. The van der Waals surface area contributed by atoms with E-state index in [4.69, 9.17) is 0 Å². The van der Waals surface area contributed by atoms with Crippen molar-refractivity contribution in [1.29, 1.82) is 0 Å². The van der Waals surface area contributed by atoms with Crippen LogP contribution in [-0.4, -0.2) is 49.6 Å². The number of hydrogen-bond acceptors (Lipinski definition) is 2. The molecule has 3 nitrogen and oxygen atoms in total. The normalized spacial score (nSPS) is 22.1. The van der Waals surface area contributed by atoms with Crippen LogP contribution in [0.25, 0.3) is 0 Å². The third-order valence-electron chi connectivity index (χ3n) is 2.54. The predicted molar refractivity (Wildman–Crippen MR) is 49.6 cm³/mol. The van der Waals surface area contributed by atoms with Crippen molar-refractivity contribution in [2.24, 2.45) is 5.92 Å². The topological polar surface area (TPSA) is 32.3 Å². The van der Waals surface area contributed by atoms with Crippen LogP contribution in [0.15, 0.2) is 0 Å². The summed E-state index contributed by atoms with van der Waals surface area (Å²) < 4.78 is 59.8. The van der Waals surface area contributed by atoms with Gasteiger partial charge in [0, 0.05) is 13.1 Å². The van der Waals surface area contributed by atoms with E-state index in [1.165, 1.54) is 4.90 Å². The number of halogens is 5.